The average molecular weight is 343 g/mol. The van der Waals surface area contributed by atoms with Gasteiger partial charge in [0.25, 0.3) is 0 Å². The number of aryl methyl sites for hydroxylation is 1. The number of benzene rings is 2. The summed E-state index contributed by atoms with van der Waals surface area (Å²) in [6.07, 6.45) is 3.62. The predicted molar refractivity (Wildman–Crippen MR) is 87.8 cm³/mol. The molecule has 0 saturated heterocycles. The number of para-hydroxylation sites is 1. The van der Waals surface area contributed by atoms with E-state index < -0.39 is 0 Å². The Hall–Kier alpha value is -1.87. The van der Waals surface area contributed by atoms with Gasteiger partial charge in [0.05, 0.1) is 7.11 Å². The summed E-state index contributed by atoms with van der Waals surface area (Å²) in [7, 11) is 1.65. The van der Waals surface area contributed by atoms with E-state index in [-0.39, 0.29) is 5.78 Å². The number of fused-ring (bicyclic) bond motifs is 1. The summed E-state index contributed by atoms with van der Waals surface area (Å²) < 4.78 is 6.29. The van der Waals surface area contributed by atoms with E-state index >= 15 is 0 Å². The Bertz CT molecular complexity index is 732. The predicted octanol–water partition coefficient (Wildman–Crippen LogP) is 4.67. The van der Waals surface area contributed by atoms with Crippen LogP contribution >= 0.6 is 15.9 Å². The van der Waals surface area contributed by atoms with E-state index in [1.807, 2.05) is 48.5 Å². The second-order valence-corrected chi connectivity index (χ2v) is 5.96. The van der Waals surface area contributed by atoms with Crippen molar-refractivity contribution in [3.63, 3.8) is 0 Å². The van der Waals surface area contributed by atoms with Gasteiger partial charge in [0.2, 0.25) is 0 Å². The van der Waals surface area contributed by atoms with Gasteiger partial charge in [-0.25, -0.2) is 0 Å². The second kappa shape index (κ2) is 5.86. The van der Waals surface area contributed by atoms with Gasteiger partial charge in [-0.15, -0.1) is 0 Å². The van der Waals surface area contributed by atoms with E-state index in [4.69, 9.17) is 4.74 Å². The molecule has 0 saturated carbocycles. The van der Waals surface area contributed by atoms with Gasteiger partial charge in [0.1, 0.15) is 5.75 Å². The first kappa shape index (κ1) is 14.1. The van der Waals surface area contributed by atoms with Gasteiger partial charge in [0, 0.05) is 21.2 Å². The zero-order valence-electron chi connectivity index (χ0n) is 11.7. The SMILES string of the molecule is COc1ccccc1/C=C1\CCc2ccc(Br)cc2C1=O. The second-order valence-electron chi connectivity index (χ2n) is 5.04. The molecule has 1 aliphatic carbocycles. The molecule has 2 nitrogen and oxygen atoms in total. The van der Waals surface area contributed by atoms with E-state index in [1.54, 1.807) is 7.11 Å². The number of carbonyl (C=O) groups excluding carboxylic acids is 1. The van der Waals surface area contributed by atoms with Crippen LogP contribution in [0.2, 0.25) is 0 Å². The van der Waals surface area contributed by atoms with E-state index in [0.717, 1.165) is 45.3 Å². The maximum Gasteiger partial charge on any atom is 0.189 e. The van der Waals surface area contributed by atoms with Crippen molar-refractivity contribution in [2.75, 3.05) is 7.11 Å². The number of ether oxygens (including phenoxy) is 1. The third-order valence-electron chi connectivity index (χ3n) is 3.74. The van der Waals surface area contributed by atoms with Crippen LogP contribution in [0.4, 0.5) is 0 Å². The van der Waals surface area contributed by atoms with Crippen LogP contribution in [0.5, 0.6) is 5.75 Å². The number of carbonyl (C=O) groups is 1. The molecular weight excluding hydrogens is 328 g/mol. The first-order valence-electron chi connectivity index (χ1n) is 6.86. The van der Waals surface area contributed by atoms with Gasteiger partial charge >= 0.3 is 0 Å². The van der Waals surface area contributed by atoms with Crippen molar-refractivity contribution in [1.82, 2.24) is 0 Å². The van der Waals surface area contributed by atoms with Crippen molar-refractivity contribution in [2.45, 2.75) is 12.8 Å². The van der Waals surface area contributed by atoms with Crippen molar-refractivity contribution in [3.8, 4) is 5.75 Å². The molecule has 0 amide bonds. The van der Waals surface area contributed by atoms with Crippen molar-refractivity contribution in [2.24, 2.45) is 0 Å². The number of ketones is 1. The summed E-state index contributed by atoms with van der Waals surface area (Å²) in [6, 6.07) is 13.7. The molecule has 2 aromatic rings. The van der Waals surface area contributed by atoms with Crippen LogP contribution in [0.25, 0.3) is 6.08 Å². The fourth-order valence-corrected chi connectivity index (χ4v) is 3.01. The fourth-order valence-electron chi connectivity index (χ4n) is 2.64. The van der Waals surface area contributed by atoms with Crippen LogP contribution in [-0.4, -0.2) is 12.9 Å². The van der Waals surface area contributed by atoms with Gasteiger partial charge in [-0.05, 0) is 42.7 Å². The number of halogens is 1. The summed E-state index contributed by atoms with van der Waals surface area (Å²) in [5.74, 6) is 0.904. The summed E-state index contributed by atoms with van der Waals surface area (Å²) >= 11 is 3.44. The standard InChI is InChI=1S/C18H15BrO2/c1-21-17-5-3-2-4-13(17)10-14-7-6-12-8-9-15(19)11-16(12)18(14)20/h2-5,8-11H,6-7H2,1H3/b14-10+. The largest absolute Gasteiger partial charge is 0.496 e. The van der Waals surface area contributed by atoms with Crippen LogP contribution in [-0.2, 0) is 6.42 Å². The monoisotopic (exact) mass is 342 g/mol. The molecule has 0 spiro atoms. The third-order valence-corrected chi connectivity index (χ3v) is 4.23. The van der Waals surface area contributed by atoms with Crippen LogP contribution in [0.1, 0.15) is 27.9 Å². The van der Waals surface area contributed by atoms with Gasteiger partial charge in [-0.2, -0.15) is 0 Å². The summed E-state index contributed by atoms with van der Waals surface area (Å²) in [4.78, 5) is 12.6. The zero-order valence-corrected chi connectivity index (χ0v) is 13.3. The van der Waals surface area contributed by atoms with Crippen LogP contribution < -0.4 is 4.74 Å². The molecule has 0 unspecified atom stereocenters. The Balaban J connectivity index is 2.01. The van der Waals surface area contributed by atoms with Gasteiger partial charge in [0.15, 0.2) is 5.78 Å². The smallest absolute Gasteiger partial charge is 0.189 e. The lowest BCUT2D eigenvalue weighted by Crippen LogP contribution is -2.14. The van der Waals surface area contributed by atoms with Gasteiger partial charge in [-0.1, -0.05) is 40.2 Å². The minimum atomic E-state index is 0.114. The average Bonchev–Trinajstić information content (AvgIpc) is 2.51. The lowest BCUT2D eigenvalue weighted by atomic mass is 9.86. The van der Waals surface area contributed by atoms with Crippen LogP contribution in [0, 0.1) is 0 Å². The number of allylic oxidation sites excluding steroid dienone is 1. The molecule has 2 aromatic carbocycles. The highest BCUT2D eigenvalue weighted by atomic mass is 79.9. The highest BCUT2D eigenvalue weighted by molar-refractivity contribution is 9.10. The van der Waals surface area contributed by atoms with E-state index in [9.17, 15) is 4.79 Å². The molecule has 0 radical (unpaired) electrons. The van der Waals surface area contributed by atoms with Crippen LogP contribution in [0.15, 0.2) is 52.5 Å². The highest BCUT2D eigenvalue weighted by Crippen LogP contribution is 2.30. The molecular formula is C18H15BrO2. The molecule has 106 valence electrons. The molecule has 3 heteroatoms. The summed E-state index contributed by atoms with van der Waals surface area (Å²) in [5.41, 5.74) is 3.71. The Morgan fingerprint density at radius 1 is 1.14 bits per heavy atom. The van der Waals surface area contributed by atoms with E-state index in [1.165, 1.54) is 0 Å². The maximum absolute atomic E-state index is 12.6. The normalized spacial score (nSPS) is 15.9. The molecule has 0 aromatic heterocycles. The van der Waals surface area contributed by atoms with Gasteiger partial charge < -0.3 is 4.74 Å². The van der Waals surface area contributed by atoms with Crippen molar-refractivity contribution >= 4 is 27.8 Å². The minimum absolute atomic E-state index is 0.114. The van der Waals surface area contributed by atoms with Crippen LogP contribution in [0.3, 0.4) is 0 Å². The lowest BCUT2D eigenvalue weighted by molar-refractivity contribution is 0.102. The summed E-state index contributed by atoms with van der Waals surface area (Å²) in [6.45, 7) is 0. The van der Waals surface area contributed by atoms with E-state index in [0.29, 0.717) is 0 Å². The minimum Gasteiger partial charge on any atom is -0.496 e. The number of hydrogen-bond donors (Lipinski definition) is 0. The molecule has 3 rings (SSSR count). The Labute approximate surface area is 132 Å². The first-order chi connectivity index (χ1) is 10.2. The molecule has 0 atom stereocenters. The van der Waals surface area contributed by atoms with Crippen molar-refractivity contribution < 1.29 is 9.53 Å². The van der Waals surface area contributed by atoms with Crippen molar-refractivity contribution in [1.29, 1.82) is 0 Å². The fraction of sp³-hybridized carbons (Fsp3) is 0.167. The highest BCUT2D eigenvalue weighted by Gasteiger charge is 2.22. The Morgan fingerprint density at radius 3 is 2.76 bits per heavy atom. The molecule has 21 heavy (non-hydrogen) atoms. The van der Waals surface area contributed by atoms with Gasteiger partial charge in [-0.3, -0.25) is 4.79 Å². The molecule has 0 heterocycles. The lowest BCUT2D eigenvalue weighted by Gasteiger charge is -2.18. The Morgan fingerprint density at radius 2 is 1.95 bits per heavy atom. The molecule has 0 bridgehead atoms. The van der Waals surface area contributed by atoms with Crippen molar-refractivity contribution in [3.05, 3.63) is 69.2 Å². The number of Topliss-reactive ketones (excluding diaryl/α,β-unsaturated/α-hetero) is 1. The molecule has 0 N–H and O–H groups in total. The maximum atomic E-state index is 12.6. The third kappa shape index (κ3) is 2.79. The zero-order chi connectivity index (χ0) is 14.8. The quantitative estimate of drug-likeness (QED) is 0.741. The van der Waals surface area contributed by atoms with E-state index in [2.05, 4.69) is 15.9 Å². The first-order valence-corrected chi connectivity index (χ1v) is 7.65. The number of methoxy groups -OCH3 is 1. The summed E-state index contributed by atoms with van der Waals surface area (Å²) in [5, 5.41) is 0. The number of rotatable bonds is 2. The Kier molecular flexibility index (Phi) is 3.93. The molecule has 0 fully saturated rings. The molecule has 1 aliphatic rings. The molecule has 0 aliphatic heterocycles. The topological polar surface area (TPSA) is 26.3 Å². The number of hydrogen-bond acceptors (Lipinski definition) is 2.